The lowest BCUT2D eigenvalue weighted by molar-refractivity contribution is -0.140. The molecule has 1 fully saturated rings. The molecule has 168 valence electrons. The highest BCUT2D eigenvalue weighted by atomic mass is 32.2. The molecule has 32 heavy (non-hydrogen) atoms. The van der Waals surface area contributed by atoms with E-state index in [0.29, 0.717) is 5.92 Å². The molecule has 0 spiro atoms. The highest BCUT2D eigenvalue weighted by molar-refractivity contribution is 7.99. The molecule has 3 unspecified atom stereocenters. The lowest BCUT2D eigenvalue weighted by atomic mass is 9.98. The van der Waals surface area contributed by atoms with Gasteiger partial charge in [-0.1, -0.05) is 55.5 Å². The van der Waals surface area contributed by atoms with Gasteiger partial charge in [-0.05, 0) is 33.9 Å². The summed E-state index contributed by atoms with van der Waals surface area (Å²) in [4.78, 5) is 36.4. The molecule has 0 bridgehead atoms. The number of alkyl carbamates (subject to hydrolysis) is 1. The summed E-state index contributed by atoms with van der Waals surface area (Å²) in [5.74, 6) is 0.227. The average molecular weight is 455 g/mol. The van der Waals surface area contributed by atoms with E-state index in [1.807, 2.05) is 55.5 Å². The van der Waals surface area contributed by atoms with Gasteiger partial charge in [-0.2, -0.15) is 11.8 Å². The maximum absolute atomic E-state index is 12.6. The first kappa shape index (κ1) is 22.2. The Labute approximate surface area is 190 Å². The van der Waals surface area contributed by atoms with Crippen molar-refractivity contribution >= 4 is 29.7 Å². The molecule has 2 aromatic rings. The first-order valence-corrected chi connectivity index (χ1v) is 11.8. The fourth-order valence-corrected chi connectivity index (χ4v) is 5.70. The summed E-state index contributed by atoms with van der Waals surface area (Å²) in [6.07, 6.45) is -1.31. The Kier molecular flexibility index (Phi) is 6.69. The zero-order valence-corrected chi connectivity index (χ0v) is 18.6. The maximum atomic E-state index is 12.6. The number of carboxylic acids is 1. The number of nitrogens with one attached hydrogen (secondary N) is 2. The predicted octanol–water partition coefficient (Wildman–Crippen LogP) is 3.24. The molecular weight excluding hydrogens is 428 g/mol. The van der Waals surface area contributed by atoms with Gasteiger partial charge in [0.05, 0.1) is 6.42 Å². The standard InChI is InChI=1S/C24H26N2O5S/c1-14-12-32-13-21(14)25-23(29)20(10-22(27)28)26-24(30)31-11-19-17-8-4-2-6-15(17)16-7-3-5-9-18(16)19/h2-9,14,19-21H,10-13H2,1H3,(H,25,29)(H,26,30)(H,27,28). The second kappa shape index (κ2) is 9.65. The monoisotopic (exact) mass is 454 g/mol. The van der Waals surface area contributed by atoms with E-state index in [9.17, 15) is 19.5 Å². The van der Waals surface area contributed by atoms with Crippen molar-refractivity contribution in [3.63, 3.8) is 0 Å². The molecule has 0 aromatic heterocycles. The van der Waals surface area contributed by atoms with Crippen LogP contribution >= 0.6 is 11.8 Å². The highest BCUT2D eigenvalue weighted by Gasteiger charge is 2.32. The van der Waals surface area contributed by atoms with Gasteiger partial charge in [-0.15, -0.1) is 0 Å². The number of carbonyl (C=O) groups is 3. The molecule has 1 saturated heterocycles. The number of fused-ring (bicyclic) bond motifs is 3. The van der Waals surface area contributed by atoms with E-state index in [-0.39, 0.29) is 18.6 Å². The third kappa shape index (κ3) is 4.75. The smallest absolute Gasteiger partial charge is 0.407 e. The van der Waals surface area contributed by atoms with E-state index in [1.165, 1.54) is 0 Å². The van der Waals surface area contributed by atoms with Gasteiger partial charge in [0.25, 0.3) is 0 Å². The minimum atomic E-state index is -1.19. The first-order chi connectivity index (χ1) is 15.4. The van der Waals surface area contributed by atoms with Crippen molar-refractivity contribution in [1.82, 2.24) is 10.6 Å². The van der Waals surface area contributed by atoms with Gasteiger partial charge >= 0.3 is 12.1 Å². The van der Waals surface area contributed by atoms with Crippen LogP contribution in [-0.4, -0.2) is 53.3 Å². The summed E-state index contributed by atoms with van der Waals surface area (Å²) in [6.45, 7) is 2.13. The number of hydrogen-bond donors (Lipinski definition) is 3. The van der Waals surface area contributed by atoms with E-state index in [2.05, 4.69) is 10.6 Å². The average Bonchev–Trinajstić information content (AvgIpc) is 3.32. The number of carbonyl (C=O) groups excluding carboxylic acids is 2. The molecule has 0 radical (unpaired) electrons. The second-order valence-corrected chi connectivity index (χ2v) is 9.33. The van der Waals surface area contributed by atoms with Crippen LogP contribution in [0.4, 0.5) is 4.79 Å². The molecule has 3 N–H and O–H groups in total. The van der Waals surface area contributed by atoms with Crippen LogP contribution < -0.4 is 10.6 Å². The zero-order valence-electron chi connectivity index (χ0n) is 17.7. The number of amides is 2. The van der Waals surface area contributed by atoms with Crippen molar-refractivity contribution in [3.8, 4) is 11.1 Å². The number of benzene rings is 2. The van der Waals surface area contributed by atoms with Crippen molar-refractivity contribution in [1.29, 1.82) is 0 Å². The van der Waals surface area contributed by atoms with Crippen LogP contribution in [0.2, 0.25) is 0 Å². The molecule has 8 heteroatoms. The SMILES string of the molecule is CC1CSCC1NC(=O)C(CC(=O)O)NC(=O)OCC1c2ccccc2-c2ccccc21. The van der Waals surface area contributed by atoms with Crippen molar-refractivity contribution in [2.75, 3.05) is 18.1 Å². The van der Waals surface area contributed by atoms with E-state index >= 15 is 0 Å². The van der Waals surface area contributed by atoms with Gasteiger partial charge in [-0.3, -0.25) is 9.59 Å². The van der Waals surface area contributed by atoms with Gasteiger partial charge in [0.15, 0.2) is 0 Å². The van der Waals surface area contributed by atoms with Crippen LogP contribution in [0.3, 0.4) is 0 Å². The van der Waals surface area contributed by atoms with Gasteiger partial charge in [0, 0.05) is 17.7 Å². The maximum Gasteiger partial charge on any atom is 0.407 e. The van der Waals surface area contributed by atoms with E-state index < -0.39 is 30.4 Å². The molecule has 1 heterocycles. The number of carboxylic acid groups (broad SMARTS) is 1. The molecule has 1 aliphatic heterocycles. The molecule has 2 aliphatic rings. The van der Waals surface area contributed by atoms with Crippen LogP contribution in [0, 0.1) is 5.92 Å². The van der Waals surface area contributed by atoms with Gasteiger partial charge in [0.1, 0.15) is 12.6 Å². The van der Waals surface area contributed by atoms with Crippen LogP contribution in [-0.2, 0) is 14.3 Å². The Morgan fingerprint density at radius 2 is 1.69 bits per heavy atom. The number of rotatable bonds is 7. The number of hydrogen-bond acceptors (Lipinski definition) is 5. The summed E-state index contributed by atoms with van der Waals surface area (Å²) in [5.41, 5.74) is 4.38. The van der Waals surface area contributed by atoms with Crippen LogP contribution in [0.5, 0.6) is 0 Å². The number of ether oxygens (including phenoxy) is 1. The molecule has 2 aromatic carbocycles. The lowest BCUT2D eigenvalue weighted by Gasteiger charge is -2.22. The van der Waals surface area contributed by atoms with Crippen molar-refractivity contribution < 1.29 is 24.2 Å². The van der Waals surface area contributed by atoms with Crippen LogP contribution in [0.15, 0.2) is 48.5 Å². The quantitative estimate of drug-likeness (QED) is 0.593. The van der Waals surface area contributed by atoms with Crippen LogP contribution in [0.25, 0.3) is 11.1 Å². The normalized spacial score (nSPS) is 20.2. The van der Waals surface area contributed by atoms with Crippen LogP contribution in [0.1, 0.15) is 30.4 Å². The molecule has 4 rings (SSSR count). The highest BCUT2D eigenvalue weighted by Crippen LogP contribution is 2.44. The van der Waals surface area contributed by atoms with Crippen molar-refractivity contribution in [2.24, 2.45) is 5.92 Å². The fraction of sp³-hybridized carbons (Fsp3) is 0.375. The third-order valence-electron chi connectivity index (χ3n) is 6.02. The molecular formula is C24H26N2O5S. The predicted molar refractivity (Wildman–Crippen MR) is 123 cm³/mol. The minimum absolute atomic E-state index is 0.0342. The molecule has 0 saturated carbocycles. The minimum Gasteiger partial charge on any atom is -0.481 e. The number of thioether (sulfide) groups is 1. The topological polar surface area (TPSA) is 105 Å². The lowest BCUT2D eigenvalue weighted by Crippen LogP contribution is -2.51. The van der Waals surface area contributed by atoms with Gasteiger partial charge in [0.2, 0.25) is 5.91 Å². The van der Waals surface area contributed by atoms with Crippen molar-refractivity contribution in [3.05, 3.63) is 59.7 Å². The number of aliphatic carboxylic acids is 1. The Morgan fingerprint density at radius 3 is 2.25 bits per heavy atom. The summed E-state index contributed by atoms with van der Waals surface area (Å²) in [7, 11) is 0. The van der Waals surface area contributed by atoms with Crippen molar-refractivity contribution in [2.45, 2.75) is 31.3 Å². The summed E-state index contributed by atoms with van der Waals surface area (Å²) < 4.78 is 5.47. The third-order valence-corrected chi connectivity index (χ3v) is 7.38. The second-order valence-electron chi connectivity index (χ2n) is 8.25. The largest absolute Gasteiger partial charge is 0.481 e. The molecule has 3 atom stereocenters. The Hall–Kier alpha value is -3.00. The van der Waals surface area contributed by atoms with E-state index in [0.717, 1.165) is 33.8 Å². The zero-order chi connectivity index (χ0) is 22.7. The Morgan fingerprint density at radius 1 is 1.06 bits per heavy atom. The van der Waals surface area contributed by atoms with Gasteiger partial charge < -0.3 is 20.5 Å². The van der Waals surface area contributed by atoms with E-state index in [4.69, 9.17) is 4.74 Å². The van der Waals surface area contributed by atoms with E-state index in [1.54, 1.807) is 11.8 Å². The first-order valence-electron chi connectivity index (χ1n) is 10.7. The van der Waals surface area contributed by atoms with Gasteiger partial charge in [-0.25, -0.2) is 4.79 Å². The summed E-state index contributed by atoms with van der Waals surface area (Å²) in [6, 6.07) is 14.8. The molecule has 1 aliphatic carbocycles. The molecule has 7 nitrogen and oxygen atoms in total. The summed E-state index contributed by atoms with van der Waals surface area (Å²) in [5, 5.41) is 14.5. The fourth-order valence-electron chi connectivity index (χ4n) is 4.29. The molecule has 2 amide bonds. The Bertz CT molecular complexity index is 981. The Balaban J connectivity index is 1.40. The summed E-state index contributed by atoms with van der Waals surface area (Å²) >= 11 is 1.74.